The maximum absolute atomic E-state index is 8.93. The average molecular weight is 279 g/mol. The molecule has 0 aliphatic carbocycles. The molecule has 0 amide bonds. The second-order valence-corrected chi connectivity index (χ2v) is 4.60. The van der Waals surface area contributed by atoms with E-state index in [-0.39, 0.29) is 11.6 Å². The van der Waals surface area contributed by atoms with Crippen LogP contribution >= 0.6 is 0 Å². The Balaban J connectivity index is 1.88. The molecule has 0 unspecified atom stereocenters. The van der Waals surface area contributed by atoms with E-state index in [9.17, 15) is 0 Å². The smallest absolute Gasteiger partial charge is 0.252 e. The number of hydrogen-bond acceptors (Lipinski definition) is 5. The largest absolute Gasteiger partial charge is 0.422 e. The highest BCUT2D eigenvalue weighted by molar-refractivity contribution is 6.00. The van der Waals surface area contributed by atoms with Crippen molar-refractivity contribution in [1.29, 1.82) is 5.26 Å². The van der Waals surface area contributed by atoms with E-state index in [4.69, 9.17) is 9.68 Å². The number of oxazole rings is 1. The van der Waals surface area contributed by atoms with Gasteiger partial charge in [0.05, 0.1) is 6.21 Å². The molecule has 0 saturated carbocycles. The minimum Gasteiger partial charge on any atom is -0.422 e. The highest BCUT2D eigenvalue weighted by atomic mass is 16.4. The van der Waals surface area contributed by atoms with E-state index in [0.717, 1.165) is 22.2 Å². The van der Waals surface area contributed by atoms with Crippen molar-refractivity contribution in [3.8, 4) is 6.07 Å². The van der Waals surface area contributed by atoms with Crippen molar-refractivity contribution in [3.63, 3.8) is 0 Å². The lowest BCUT2D eigenvalue weighted by Gasteiger charge is -1.95. The number of aromatic amines is 1. The zero-order chi connectivity index (χ0) is 14.8. The number of fused-ring (bicyclic) bond motifs is 1. The summed E-state index contributed by atoms with van der Waals surface area (Å²) in [6.45, 7) is 3.67. The first kappa shape index (κ1) is 12.9. The van der Waals surface area contributed by atoms with Crippen molar-refractivity contribution >= 4 is 23.0 Å². The van der Waals surface area contributed by atoms with E-state index in [2.05, 4.69) is 20.5 Å². The lowest BCUT2D eigenvalue weighted by molar-refractivity contribution is 0.533. The van der Waals surface area contributed by atoms with Crippen LogP contribution in [0.15, 0.2) is 33.8 Å². The number of para-hydroxylation sites is 1. The van der Waals surface area contributed by atoms with Gasteiger partial charge in [0.1, 0.15) is 6.07 Å². The van der Waals surface area contributed by atoms with Gasteiger partial charge >= 0.3 is 0 Å². The predicted octanol–water partition coefficient (Wildman–Crippen LogP) is 3.09. The molecule has 6 nitrogen and oxygen atoms in total. The first-order valence-electron chi connectivity index (χ1n) is 6.43. The van der Waals surface area contributed by atoms with Crippen LogP contribution in [0.1, 0.15) is 22.8 Å². The Morgan fingerprint density at radius 2 is 2.19 bits per heavy atom. The summed E-state index contributed by atoms with van der Waals surface area (Å²) in [6, 6.07) is 9.96. The van der Waals surface area contributed by atoms with Gasteiger partial charge in [-0.2, -0.15) is 10.4 Å². The van der Waals surface area contributed by atoms with Gasteiger partial charge in [-0.3, -0.25) is 0 Å². The second kappa shape index (κ2) is 5.13. The number of hydrazone groups is 1. The molecule has 2 aromatic heterocycles. The number of nitrogens with zero attached hydrogens (tertiary/aromatic N) is 3. The molecule has 2 N–H and O–H groups in total. The molecular weight excluding hydrogens is 266 g/mol. The predicted molar refractivity (Wildman–Crippen MR) is 80.2 cm³/mol. The minimum atomic E-state index is 0.195. The minimum absolute atomic E-state index is 0.195. The van der Waals surface area contributed by atoms with E-state index in [1.165, 1.54) is 0 Å². The molecule has 3 aromatic rings. The van der Waals surface area contributed by atoms with E-state index in [1.807, 2.05) is 37.3 Å². The van der Waals surface area contributed by atoms with E-state index < -0.39 is 0 Å². The average Bonchev–Trinajstić information content (AvgIpc) is 2.99. The highest BCUT2D eigenvalue weighted by Gasteiger charge is 2.09. The first-order valence-corrected chi connectivity index (χ1v) is 6.43. The number of rotatable bonds is 3. The molecule has 0 saturated heterocycles. The molecule has 1 aromatic carbocycles. The summed E-state index contributed by atoms with van der Waals surface area (Å²) < 4.78 is 5.28. The summed E-state index contributed by atoms with van der Waals surface area (Å²) in [5, 5.41) is 14.2. The van der Waals surface area contributed by atoms with Crippen molar-refractivity contribution in [1.82, 2.24) is 9.97 Å². The first-order chi connectivity index (χ1) is 10.2. The molecule has 0 bridgehead atoms. The number of aryl methyl sites for hydroxylation is 2. The summed E-state index contributed by atoms with van der Waals surface area (Å²) in [7, 11) is 0. The summed E-state index contributed by atoms with van der Waals surface area (Å²) in [5.41, 5.74) is 5.99. The van der Waals surface area contributed by atoms with Crippen LogP contribution < -0.4 is 5.43 Å². The van der Waals surface area contributed by atoms with Gasteiger partial charge < -0.3 is 9.40 Å². The van der Waals surface area contributed by atoms with Gasteiger partial charge in [-0.25, -0.2) is 10.4 Å². The molecule has 0 spiro atoms. The highest BCUT2D eigenvalue weighted by Crippen LogP contribution is 2.20. The molecule has 0 radical (unpaired) electrons. The fraction of sp³-hybridized carbons (Fsp3) is 0.133. The maximum Gasteiger partial charge on any atom is 0.252 e. The fourth-order valence-electron chi connectivity index (χ4n) is 2.20. The van der Waals surface area contributed by atoms with Crippen molar-refractivity contribution in [2.24, 2.45) is 5.10 Å². The Labute approximate surface area is 121 Å². The van der Waals surface area contributed by atoms with Crippen LogP contribution in [0.2, 0.25) is 0 Å². The van der Waals surface area contributed by atoms with Crippen molar-refractivity contribution in [2.45, 2.75) is 13.8 Å². The normalized spacial score (nSPS) is 11.1. The van der Waals surface area contributed by atoms with Crippen LogP contribution in [0, 0.1) is 25.2 Å². The van der Waals surface area contributed by atoms with Crippen molar-refractivity contribution < 1.29 is 4.42 Å². The molecule has 0 fully saturated rings. The summed E-state index contributed by atoms with van der Waals surface area (Å²) in [5.74, 6) is 0.677. The number of H-pyrrole nitrogens is 1. The van der Waals surface area contributed by atoms with Gasteiger partial charge in [0.2, 0.25) is 5.69 Å². The molecule has 0 aliphatic rings. The van der Waals surface area contributed by atoms with Crippen LogP contribution in [0.5, 0.6) is 0 Å². The summed E-state index contributed by atoms with van der Waals surface area (Å²) >= 11 is 0. The van der Waals surface area contributed by atoms with Gasteiger partial charge in [0.15, 0.2) is 5.89 Å². The van der Waals surface area contributed by atoms with Crippen molar-refractivity contribution in [2.75, 3.05) is 5.43 Å². The van der Waals surface area contributed by atoms with Crippen LogP contribution in [-0.2, 0) is 0 Å². The summed E-state index contributed by atoms with van der Waals surface area (Å²) in [6.07, 6.45) is 1.70. The second-order valence-electron chi connectivity index (χ2n) is 4.60. The zero-order valence-electron chi connectivity index (χ0n) is 11.6. The SMILES string of the molecule is Cc1nc(C#N)c(N/N=C/c2c(C)[nH]c3ccccc23)o1. The number of nitrogens with one attached hydrogen (secondary N) is 2. The monoisotopic (exact) mass is 279 g/mol. The lowest BCUT2D eigenvalue weighted by Crippen LogP contribution is -1.92. The molecule has 0 aliphatic heterocycles. The Morgan fingerprint density at radius 3 is 3.00 bits per heavy atom. The Kier molecular flexibility index (Phi) is 3.16. The number of anilines is 1. The molecule has 21 heavy (non-hydrogen) atoms. The van der Waals surface area contributed by atoms with Gasteiger partial charge in [-0.1, -0.05) is 18.2 Å². The van der Waals surface area contributed by atoms with E-state index in [1.54, 1.807) is 13.1 Å². The number of benzene rings is 1. The lowest BCUT2D eigenvalue weighted by atomic mass is 10.1. The molecule has 0 atom stereocenters. The third-order valence-electron chi connectivity index (χ3n) is 3.14. The Morgan fingerprint density at radius 1 is 1.38 bits per heavy atom. The van der Waals surface area contributed by atoms with Crippen LogP contribution in [0.4, 0.5) is 5.88 Å². The molecule has 3 rings (SSSR count). The van der Waals surface area contributed by atoms with Crippen LogP contribution in [0.3, 0.4) is 0 Å². The molecule has 6 heteroatoms. The quantitative estimate of drug-likeness (QED) is 0.569. The van der Waals surface area contributed by atoms with Gasteiger partial charge in [-0.15, -0.1) is 0 Å². The van der Waals surface area contributed by atoms with Gasteiger partial charge in [-0.05, 0) is 13.0 Å². The topological polar surface area (TPSA) is 90.0 Å². The molecular formula is C15H13N5O. The maximum atomic E-state index is 8.93. The van der Waals surface area contributed by atoms with Gasteiger partial charge in [0.25, 0.3) is 5.88 Å². The number of hydrogen-bond donors (Lipinski definition) is 2. The number of aromatic nitrogens is 2. The van der Waals surface area contributed by atoms with Gasteiger partial charge in [0, 0.05) is 29.1 Å². The van der Waals surface area contributed by atoms with E-state index in [0.29, 0.717) is 5.89 Å². The molecule has 2 heterocycles. The Hall–Kier alpha value is -3.07. The van der Waals surface area contributed by atoms with Crippen molar-refractivity contribution in [3.05, 3.63) is 47.1 Å². The molecule has 104 valence electrons. The zero-order valence-corrected chi connectivity index (χ0v) is 11.6. The van der Waals surface area contributed by atoms with Crippen LogP contribution in [0.25, 0.3) is 10.9 Å². The Bertz CT molecular complexity index is 866. The summed E-state index contributed by atoms with van der Waals surface area (Å²) in [4.78, 5) is 7.24. The van der Waals surface area contributed by atoms with Crippen LogP contribution in [-0.4, -0.2) is 16.2 Å². The fourth-order valence-corrected chi connectivity index (χ4v) is 2.20. The number of nitriles is 1. The third kappa shape index (κ3) is 2.37. The standard InChI is InChI=1S/C15H13N5O/c1-9-12(11-5-3-4-6-13(11)18-9)8-17-20-15-14(7-16)19-10(2)21-15/h3-6,8,18,20H,1-2H3/b17-8+. The third-order valence-corrected chi connectivity index (χ3v) is 3.14. The van der Waals surface area contributed by atoms with E-state index >= 15 is 0 Å².